The lowest BCUT2D eigenvalue weighted by molar-refractivity contribution is -0.112. The first-order chi connectivity index (χ1) is 48.7. The Morgan fingerprint density at radius 2 is 0.472 bits per heavy atom. The van der Waals surface area contributed by atoms with Crippen molar-refractivity contribution >= 4 is 0 Å². The van der Waals surface area contributed by atoms with Gasteiger partial charge >= 0.3 is 0 Å². The van der Waals surface area contributed by atoms with E-state index in [9.17, 15) is 40.9 Å². The van der Waals surface area contributed by atoms with E-state index in [-0.39, 0.29) is 66.3 Å². The van der Waals surface area contributed by atoms with E-state index in [1.807, 2.05) is 0 Å². The Hall–Kier alpha value is -0.360. The van der Waals surface area contributed by atoms with E-state index in [1.165, 1.54) is 173 Å². The summed E-state index contributed by atoms with van der Waals surface area (Å²) in [4.78, 5) is 0. The van der Waals surface area contributed by atoms with Crippen LogP contribution in [-0.2, 0) is 0 Å². The molecular weight excluding hydrogens is 1310 g/mol. The fourth-order valence-electron chi connectivity index (χ4n) is 25.1. The maximum Gasteiger partial charge on any atom is 0.0607 e. The molecule has 10 saturated carbocycles. The molecule has 9 heteroatoms. The van der Waals surface area contributed by atoms with Gasteiger partial charge in [-0.3, -0.25) is 0 Å². The number of hydrogen-bond donors (Lipinski definition) is 9. The second-order valence-corrected chi connectivity index (χ2v) is 45.9. The summed E-state index contributed by atoms with van der Waals surface area (Å²) in [5, 5.41) is 89.0. The van der Waals surface area contributed by atoms with Crippen LogP contribution < -0.4 is 0 Å². The summed E-state index contributed by atoms with van der Waals surface area (Å²) < 4.78 is 0. The largest absolute Gasteiger partial charge is 0.396 e. The Morgan fingerprint density at radius 3 is 0.698 bits per heavy atom. The first kappa shape index (κ1) is 99.8. The molecule has 0 amide bonds. The van der Waals surface area contributed by atoms with Gasteiger partial charge in [0.25, 0.3) is 0 Å². The third kappa shape index (κ3) is 32.4. The Balaban J connectivity index is 0.000000325. The Morgan fingerprint density at radius 1 is 0.255 bits per heavy atom. The van der Waals surface area contributed by atoms with Gasteiger partial charge in [0.2, 0.25) is 0 Å². The maximum atomic E-state index is 11.4. The molecule has 106 heavy (non-hydrogen) atoms. The van der Waals surface area contributed by atoms with Crippen molar-refractivity contribution in [3.05, 3.63) is 0 Å². The molecular formula is C97H190O9. The molecule has 0 saturated heterocycles. The van der Waals surface area contributed by atoms with Crippen molar-refractivity contribution in [3.8, 4) is 0 Å². The predicted molar refractivity (Wildman–Crippen MR) is 454 cm³/mol. The molecule has 10 fully saturated rings. The summed E-state index contributed by atoms with van der Waals surface area (Å²) in [6.07, 6.45) is 35.7. The minimum absolute atomic E-state index is 0.0289. The molecule has 16 unspecified atom stereocenters. The highest BCUT2D eigenvalue weighted by Gasteiger charge is 2.52. The molecule has 632 valence electrons. The lowest BCUT2D eigenvalue weighted by Gasteiger charge is -2.54. The first-order valence-electron chi connectivity index (χ1n) is 45.7. The van der Waals surface area contributed by atoms with Crippen molar-refractivity contribution in [2.45, 2.75) is 443 Å². The van der Waals surface area contributed by atoms with E-state index in [4.69, 9.17) is 5.11 Å². The molecule has 0 aromatic heterocycles. The highest BCUT2D eigenvalue weighted by Crippen LogP contribution is 2.57. The van der Waals surface area contributed by atoms with E-state index in [1.54, 1.807) is 0 Å². The molecule has 0 spiro atoms. The van der Waals surface area contributed by atoms with E-state index < -0.39 is 0 Å². The summed E-state index contributed by atoms with van der Waals surface area (Å²) in [6, 6.07) is 0. The molecule has 0 aromatic rings. The van der Waals surface area contributed by atoms with Crippen LogP contribution in [0.5, 0.6) is 0 Å². The van der Waals surface area contributed by atoms with E-state index in [0.29, 0.717) is 128 Å². The van der Waals surface area contributed by atoms with Crippen LogP contribution in [0.2, 0.25) is 0 Å². The molecule has 10 rings (SSSR count). The molecule has 0 bridgehead atoms. The van der Waals surface area contributed by atoms with Crippen molar-refractivity contribution in [1.29, 1.82) is 0 Å². The zero-order valence-corrected chi connectivity index (χ0v) is 76.1. The molecule has 0 radical (unpaired) electrons. The number of aliphatic hydroxyl groups is 9. The molecule has 9 N–H and O–H groups in total. The summed E-state index contributed by atoms with van der Waals surface area (Å²) >= 11 is 0. The van der Waals surface area contributed by atoms with Gasteiger partial charge in [-0.1, -0.05) is 253 Å². The fraction of sp³-hybridized carbons (Fsp3) is 1.00. The van der Waals surface area contributed by atoms with Crippen LogP contribution in [0.3, 0.4) is 0 Å². The standard InChI is InChI=1S/C23H46O.C21H38O.C9H18O2.4C9H18O.C8H16O/c1-16-12-17(22(8,9)14-20(2,3)4)19(24)18(13-16)23(10,11)15-21(5,6)7;1-16-14-17(20(2)10-6-4-7-11-20)19(22)18(15-16)21(3)12-8-5-9-13-21;1-6-3-8(5-10)4-7(2)9(6)11;4*1-6-4-7(2)9(10)8(3)5-6;1-6-4-3-5-7(2)8(6)9/h16-19,24H,12-15H2,1-11H3;16-19,22H,4-15H2,1-3H3;6-11H,3-5H2,1-2H3;4*6-10H,4-5H2,1-3H3;6-9H,3-5H2,1-2H3. The van der Waals surface area contributed by atoms with Gasteiger partial charge in [-0.05, 0) is 310 Å². The van der Waals surface area contributed by atoms with Crippen molar-refractivity contribution in [2.24, 2.45) is 169 Å². The third-order valence-electron chi connectivity index (χ3n) is 30.2. The normalized spacial score (nSPS) is 42.8. The van der Waals surface area contributed by atoms with E-state index >= 15 is 0 Å². The first-order valence-corrected chi connectivity index (χ1v) is 45.7. The van der Waals surface area contributed by atoms with Gasteiger partial charge in [0.1, 0.15) is 0 Å². The summed E-state index contributed by atoms with van der Waals surface area (Å²) in [7, 11) is 0. The zero-order valence-electron chi connectivity index (χ0n) is 76.1. The summed E-state index contributed by atoms with van der Waals surface area (Å²) in [6.45, 7) is 68.3. The minimum atomic E-state index is -0.170. The van der Waals surface area contributed by atoms with Gasteiger partial charge < -0.3 is 46.0 Å². The molecule has 9 nitrogen and oxygen atoms in total. The van der Waals surface area contributed by atoms with Gasteiger partial charge in [-0.15, -0.1) is 0 Å². The van der Waals surface area contributed by atoms with Crippen molar-refractivity contribution in [2.75, 3.05) is 6.61 Å². The molecule has 0 aliphatic heterocycles. The second-order valence-electron chi connectivity index (χ2n) is 45.9. The lowest BCUT2D eigenvalue weighted by atomic mass is 9.53. The predicted octanol–water partition coefficient (Wildman–Crippen LogP) is 23.9. The molecule has 16 atom stereocenters. The minimum Gasteiger partial charge on any atom is -0.396 e. The summed E-state index contributed by atoms with van der Waals surface area (Å²) in [5.41, 5.74) is 1.80. The number of aliphatic hydroxyl groups excluding tert-OH is 9. The van der Waals surface area contributed by atoms with Crippen LogP contribution in [0, 0.1) is 169 Å². The van der Waals surface area contributed by atoms with Crippen LogP contribution in [0.25, 0.3) is 0 Å². The number of hydrogen-bond acceptors (Lipinski definition) is 9. The van der Waals surface area contributed by atoms with Crippen LogP contribution in [0.15, 0.2) is 0 Å². The Bertz CT molecular complexity index is 2070. The smallest absolute Gasteiger partial charge is 0.0607 e. The Labute approximate surface area is 660 Å². The fourth-order valence-corrected chi connectivity index (χ4v) is 25.1. The van der Waals surface area contributed by atoms with Gasteiger partial charge in [-0.25, -0.2) is 0 Å². The van der Waals surface area contributed by atoms with Crippen molar-refractivity contribution in [1.82, 2.24) is 0 Å². The van der Waals surface area contributed by atoms with Crippen LogP contribution >= 0.6 is 0 Å². The lowest BCUT2D eigenvalue weighted by Crippen LogP contribution is -2.51. The van der Waals surface area contributed by atoms with E-state index in [0.717, 1.165) is 42.4 Å². The molecule has 10 aliphatic rings. The quantitative estimate of drug-likeness (QED) is 0.120. The van der Waals surface area contributed by atoms with Crippen LogP contribution in [-0.4, -0.2) is 101 Å². The zero-order chi connectivity index (χ0) is 81.1. The SMILES string of the molecule is CC1CC(C(C)(C)CC(C)(C)C)C(O)C(C(C)(C)CC(C)(C)C)C1.CC1CC(C)C(O)C(C)C1.CC1CC(C)C(O)C(C)C1.CC1CC(C)C(O)C(C)C1.CC1CC(C)C(O)C(C)C1.CC1CC(C2(C)CCCCC2)C(O)C(C2(C)CCCCC2)C1.CC1CC(CO)CC(C)C1O.CC1CCCC(C)C1O. The van der Waals surface area contributed by atoms with Gasteiger partial charge in [0.15, 0.2) is 0 Å². The van der Waals surface area contributed by atoms with E-state index in [2.05, 4.69) is 208 Å². The van der Waals surface area contributed by atoms with Crippen molar-refractivity contribution < 1.29 is 46.0 Å². The van der Waals surface area contributed by atoms with Crippen molar-refractivity contribution in [3.63, 3.8) is 0 Å². The Kier molecular flexibility index (Phi) is 42.1. The molecule has 10 aliphatic carbocycles. The topological polar surface area (TPSA) is 182 Å². The average Bonchev–Trinajstić information content (AvgIpc) is 0.763. The van der Waals surface area contributed by atoms with Crippen LogP contribution in [0.1, 0.15) is 394 Å². The number of rotatable bonds is 7. The summed E-state index contributed by atoms with van der Waals surface area (Å²) in [5.74, 6) is 13.0. The molecule has 0 heterocycles. The highest BCUT2D eigenvalue weighted by atomic mass is 16.3. The highest BCUT2D eigenvalue weighted by molar-refractivity contribution is 5.02. The second kappa shape index (κ2) is 44.7. The van der Waals surface area contributed by atoms with Crippen LogP contribution in [0.4, 0.5) is 0 Å². The monoisotopic (exact) mass is 1500 g/mol. The molecule has 0 aromatic carbocycles. The van der Waals surface area contributed by atoms with Gasteiger partial charge in [0, 0.05) is 6.61 Å². The average molecular weight is 1500 g/mol. The van der Waals surface area contributed by atoms with Gasteiger partial charge in [0.05, 0.1) is 48.8 Å². The third-order valence-corrected chi connectivity index (χ3v) is 30.2. The maximum absolute atomic E-state index is 11.4. The van der Waals surface area contributed by atoms with Gasteiger partial charge in [-0.2, -0.15) is 0 Å².